The van der Waals surface area contributed by atoms with Gasteiger partial charge in [0.15, 0.2) is 0 Å². The molecule has 1 aromatic heterocycles. The van der Waals surface area contributed by atoms with Crippen LogP contribution in [0.3, 0.4) is 0 Å². The predicted octanol–water partition coefficient (Wildman–Crippen LogP) is 6.24. The molecule has 0 saturated heterocycles. The molecule has 142 valence electrons. The number of anilines is 5. The first kappa shape index (κ1) is 18.4. The number of carbonyl (C=O) groups is 1. The van der Waals surface area contributed by atoms with Crippen LogP contribution in [0.25, 0.3) is 0 Å². The van der Waals surface area contributed by atoms with Gasteiger partial charge in [-0.1, -0.05) is 60.7 Å². The van der Waals surface area contributed by atoms with E-state index < -0.39 is 0 Å². The van der Waals surface area contributed by atoms with Crippen molar-refractivity contribution >= 4 is 34.6 Å². The topological polar surface area (TPSA) is 36.4 Å². The molecule has 3 aromatic carbocycles. The molecule has 4 nitrogen and oxygen atoms in total. The summed E-state index contributed by atoms with van der Waals surface area (Å²) in [4.78, 5) is 21.0. The first-order valence-electron chi connectivity index (χ1n) is 9.47. The molecule has 0 fully saturated rings. The van der Waals surface area contributed by atoms with E-state index in [1.807, 2.05) is 109 Å². The molecule has 0 radical (unpaired) electrons. The average Bonchev–Trinajstić information content (AvgIpc) is 2.76. The monoisotopic (exact) mass is 379 g/mol. The molecule has 4 rings (SSSR count). The summed E-state index contributed by atoms with van der Waals surface area (Å²) in [6, 6.07) is 35.4. The lowest BCUT2D eigenvalue weighted by Crippen LogP contribution is -2.24. The lowest BCUT2D eigenvalue weighted by molar-refractivity contribution is -0.115. The van der Waals surface area contributed by atoms with Gasteiger partial charge >= 0.3 is 0 Å². The number of benzene rings is 3. The average molecular weight is 379 g/mol. The van der Waals surface area contributed by atoms with Gasteiger partial charge in [-0.2, -0.15) is 0 Å². The zero-order valence-electron chi connectivity index (χ0n) is 16.1. The van der Waals surface area contributed by atoms with Crippen molar-refractivity contribution in [2.45, 2.75) is 6.92 Å². The van der Waals surface area contributed by atoms with Crippen LogP contribution in [0, 0.1) is 0 Å². The molecule has 4 aromatic rings. The minimum atomic E-state index is -0.0909. The number of amides is 1. The molecule has 0 aliphatic rings. The highest BCUT2D eigenvalue weighted by atomic mass is 16.2. The Morgan fingerprint density at radius 2 is 1.03 bits per heavy atom. The lowest BCUT2D eigenvalue weighted by Gasteiger charge is -2.26. The van der Waals surface area contributed by atoms with Crippen molar-refractivity contribution in [1.29, 1.82) is 0 Å². The zero-order chi connectivity index (χ0) is 20.1. The summed E-state index contributed by atoms with van der Waals surface area (Å²) < 4.78 is 0. The van der Waals surface area contributed by atoms with Crippen LogP contribution in [0.1, 0.15) is 6.92 Å². The van der Waals surface area contributed by atoms with Crippen molar-refractivity contribution < 1.29 is 4.79 Å². The lowest BCUT2D eigenvalue weighted by atomic mass is 10.2. The fourth-order valence-electron chi connectivity index (χ4n) is 3.28. The Bertz CT molecular complexity index is 1040. The number of carbonyl (C=O) groups excluding carboxylic acids is 1. The second kappa shape index (κ2) is 8.40. The normalized spacial score (nSPS) is 10.4. The maximum atomic E-state index is 12.4. The van der Waals surface area contributed by atoms with E-state index in [2.05, 4.69) is 4.90 Å². The standard InChI is InChI=1S/C25H21N3O/c1-20(29)27(21-12-5-2-6-13-21)24-18-11-19-25(26-24)28(22-14-7-3-8-15-22)23-16-9-4-10-17-23/h2-19H,1H3. The van der Waals surface area contributed by atoms with Gasteiger partial charge in [0.2, 0.25) is 5.91 Å². The molecule has 29 heavy (non-hydrogen) atoms. The number of hydrogen-bond donors (Lipinski definition) is 0. The van der Waals surface area contributed by atoms with Gasteiger partial charge in [0.05, 0.1) is 5.69 Å². The Balaban J connectivity index is 1.82. The number of aromatic nitrogens is 1. The molecular formula is C25H21N3O. The van der Waals surface area contributed by atoms with Crippen molar-refractivity contribution in [3.63, 3.8) is 0 Å². The highest BCUT2D eigenvalue weighted by Crippen LogP contribution is 2.34. The summed E-state index contributed by atoms with van der Waals surface area (Å²) >= 11 is 0. The molecule has 1 amide bonds. The van der Waals surface area contributed by atoms with Crippen LogP contribution < -0.4 is 9.80 Å². The first-order chi connectivity index (χ1) is 14.2. The van der Waals surface area contributed by atoms with Crippen molar-refractivity contribution in [3.05, 3.63) is 109 Å². The number of hydrogen-bond acceptors (Lipinski definition) is 3. The van der Waals surface area contributed by atoms with E-state index in [0.29, 0.717) is 5.82 Å². The van der Waals surface area contributed by atoms with Crippen molar-refractivity contribution in [2.75, 3.05) is 9.80 Å². The molecule has 1 heterocycles. The van der Waals surface area contributed by atoms with Gasteiger partial charge in [-0.15, -0.1) is 0 Å². The molecule has 0 unspecified atom stereocenters. The van der Waals surface area contributed by atoms with Crippen LogP contribution in [0.4, 0.5) is 28.7 Å². The third-order valence-corrected chi connectivity index (χ3v) is 4.54. The van der Waals surface area contributed by atoms with Crippen LogP contribution in [0.15, 0.2) is 109 Å². The molecule has 4 heteroatoms. The number of nitrogens with zero attached hydrogens (tertiary/aromatic N) is 3. The van der Waals surface area contributed by atoms with E-state index in [1.165, 1.54) is 0 Å². The number of para-hydroxylation sites is 3. The van der Waals surface area contributed by atoms with Crippen LogP contribution >= 0.6 is 0 Å². The molecular weight excluding hydrogens is 358 g/mol. The Kier molecular flexibility index (Phi) is 5.34. The van der Waals surface area contributed by atoms with Gasteiger partial charge in [0.25, 0.3) is 0 Å². The second-order valence-corrected chi connectivity index (χ2v) is 6.55. The van der Waals surface area contributed by atoms with Gasteiger partial charge in [-0.25, -0.2) is 4.98 Å². The fraction of sp³-hybridized carbons (Fsp3) is 0.0400. The smallest absolute Gasteiger partial charge is 0.229 e. The van der Waals surface area contributed by atoms with E-state index in [-0.39, 0.29) is 5.91 Å². The maximum Gasteiger partial charge on any atom is 0.229 e. The Hall–Kier alpha value is -3.92. The highest BCUT2D eigenvalue weighted by Gasteiger charge is 2.18. The molecule has 0 bridgehead atoms. The third kappa shape index (κ3) is 4.01. The minimum Gasteiger partial charge on any atom is -0.295 e. The van der Waals surface area contributed by atoms with Crippen molar-refractivity contribution in [1.82, 2.24) is 4.98 Å². The molecule has 0 saturated carbocycles. The Labute approximate surface area is 170 Å². The SMILES string of the molecule is CC(=O)N(c1ccccc1)c1cccc(N(c2ccccc2)c2ccccc2)n1. The molecule has 0 atom stereocenters. The van der Waals surface area contributed by atoms with Gasteiger partial charge in [0.1, 0.15) is 11.6 Å². The Morgan fingerprint density at radius 3 is 1.52 bits per heavy atom. The quantitative estimate of drug-likeness (QED) is 0.412. The summed E-state index contributed by atoms with van der Waals surface area (Å²) in [7, 11) is 0. The van der Waals surface area contributed by atoms with Gasteiger partial charge in [-0.05, 0) is 48.5 Å². The summed E-state index contributed by atoms with van der Waals surface area (Å²) in [6.45, 7) is 1.55. The summed E-state index contributed by atoms with van der Waals surface area (Å²) in [5, 5.41) is 0. The van der Waals surface area contributed by atoms with Crippen LogP contribution in [0.2, 0.25) is 0 Å². The third-order valence-electron chi connectivity index (χ3n) is 4.54. The van der Waals surface area contributed by atoms with E-state index in [1.54, 1.807) is 11.8 Å². The first-order valence-corrected chi connectivity index (χ1v) is 9.47. The summed E-state index contributed by atoms with van der Waals surface area (Å²) in [5.41, 5.74) is 2.78. The summed E-state index contributed by atoms with van der Waals surface area (Å²) in [5.74, 6) is 1.23. The van der Waals surface area contributed by atoms with Crippen molar-refractivity contribution in [2.24, 2.45) is 0 Å². The fourth-order valence-corrected chi connectivity index (χ4v) is 3.28. The van der Waals surface area contributed by atoms with Gasteiger partial charge in [0, 0.05) is 18.3 Å². The summed E-state index contributed by atoms with van der Waals surface area (Å²) in [6.07, 6.45) is 0. The molecule has 0 spiro atoms. The van der Waals surface area contributed by atoms with E-state index in [9.17, 15) is 4.79 Å². The molecule has 0 aliphatic heterocycles. The van der Waals surface area contributed by atoms with E-state index >= 15 is 0 Å². The highest BCUT2D eigenvalue weighted by molar-refractivity contribution is 5.98. The van der Waals surface area contributed by atoms with Gasteiger partial charge < -0.3 is 0 Å². The van der Waals surface area contributed by atoms with E-state index in [0.717, 1.165) is 22.9 Å². The van der Waals surface area contributed by atoms with E-state index in [4.69, 9.17) is 4.98 Å². The number of rotatable bonds is 5. The van der Waals surface area contributed by atoms with Gasteiger partial charge in [-0.3, -0.25) is 14.6 Å². The predicted molar refractivity (Wildman–Crippen MR) is 118 cm³/mol. The number of pyridine rings is 1. The maximum absolute atomic E-state index is 12.4. The molecule has 0 aliphatic carbocycles. The largest absolute Gasteiger partial charge is 0.295 e. The van der Waals surface area contributed by atoms with Crippen LogP contribution in [0.5, 0.6) is 0 Å². The zero-order valence-corrected chi connectivity index (χ0v) is 16.1. The van der Waals surface area contributed by atoms with Crippen molar-refractivity contribution in [3.8, 4) is 0 Å². The molecule has 0 N–H and O–H groups in total. The second-order valence-electron chi connectivity index (χ2n) is 6.55. The van der Waals surface area contributed by atoms with Crippen LogP contribution in [-0.4, -0.2) is 10.9 Å². The van der Waals surface area contributed by atoms with Crippen LogP contribution in [-0.2, 0) is 4.79 Å². The minimum absolute atomic E-state index is 0.0909. The Morgan fingerprint density at radius 1 is 0.586 bits per heavy atom.